The summed E-state index contributed by atoms with van der Waals surface area (Å²) >= 11 is 1.50. The highest BCUT2D eigenvalue weighted by Crippen LogP contribution is 2.21. The van der Waals surface area contributed by atoms with Gasteiger partial charge in [0.05, 0.1) is 0 Å². The van der Waals surface area contributed by atoms with Gasteiger partial charge in [0.1, 0.15) is 11.6 Å². The van der Waals surface area contributed by atoms with Crippen LogP contribution in [0.2, 0.25) is 0 Å². The highest BCUT2D eigenvalue weighted by molar-refractivity contribution is 14.0. The summed E-state index contributed by atoms with van der Waals surface area (Å²) in [7, 11) is 1.85. The van der Waals surface area contributed by atoms with Crippen molar-refractivity contribution in [3.8, 4) is 0 Å². The fraction of sp³-hybridized carbons (Fsp3) is 0.636. The first-order valence-corrected chi connectivity index (χ1v) is 12.2. The van der Waals surface area contributed by atoms with Crippen molar-refractivity contribution in [2.45, 2.75) is 39.7 Å². The van der Waals surface area contributed by atoms with Crippen LogP contribution in [-0.2, 0) is 13.0 Å². The number of guanidine groups is 1. The number of piperidine rings is 1. The molecule has 0 aliphatic carbocycles. The van der Waals surface area contributed by atoms with E-state index in [2.05, 4.69) is 60.3 Å². The third-order valence-corrected chi connectivity index (χ3v) is 7.02. The Bertz CT molecular complexity index is 855. The van der Waals surface area contributed by atoms with E-state index in [0.717, 1.165) is 80.9 Å². The number of nitrogens with zero attached hydrogens (tertiary/aromatic N) is 7. The Morgan fingerprint density at radius 2 is 1.88 bits per heavy atom. The summed E-state index contributed by atoms with van der Waals surface area (Å²) in [6.45, 7) is 11.1. The average molecular weight is 571 g/mol. The molecule has 4 heterocycles. The summed E-state index contributed by atoms with van der Waals surface area (Å²) in [5.74, 6) is 3.81. The predicted molar refractivity (Wildman–Crippen MR) is 144 cm³/mol. The largest absolute Gasteiger partial charge is 0.357 e. The summed E-state index contributed by atoms with van der Waals surface area (Å²) in [4.78, 5) is 20.9. The van der Waals surface area contributed by atoms with Gasteiger partial charge < -0.3 is 20.0 Å². The minimum Gasteiger partial charge on any atom is -0.357 e. The van der Waals surface area contributed by atoms with Crippen molar-refractivity contribution in [2.75, 3.05) is 56.1 Å². The lowest BCUT2D eigenvalue weighted by Crippen LogP contribution is -2.52. The van der Waals surface area contributed by atoms with Crippen molar-refractivity contribution in [2.24, 2.45) is 10.9 Å². The van der Waals surface area contributed by atoms with Gasteiger partial charge in [-0.25, -0.2) is 9.97 Å². The molecular weight excluding hydrogens is 535 g/mol. The van der Waals surface area contributed by atoms with Crippen molar-refractivity contribution < 1.29 is 0 Å². The lowest BCUT2D eigenvalue weighted by molar-refractivity contribution is 0.372. The third kappa shape index (κ3) is 6.21. The summed E-state index contributed by atoms with van der Waals surface area (Å²) in [6.07, 6.45) is 5.40. The van der Waals surface area contributed by atoms with E-state index in [-0.39, 0.29) is 24.0 Å². The zero-order valence-electron chi connectivity index (χ0n) is 19.3. The number of aliphatic imine (C=N–C) groups is 1. The maximum absolute atomic E-state index is 4.71. The number of pyridine rings is 1. The first-order chi connectivity index (χ1) is 15.2. The molecule has 0 radical (unpaired) electrons. The molecular formula is C22H35IN8S. The molecule has 2 saturated heterocycles. The molecule has 2 aliphatic heterocycles. The van der Waals surface area contributed by atoms with Crippen molar-refractivity contribution in [1.29, 1.82) is 0 Å². The lowest BCUT2D eigenvalue weighted by atomic mass is 9.99. The zero-order chi connectivity index (χ0) is 21.6. The van der Waals surface area contributed by atoms with Gasteiger partial charge in [0, 0.05) is 77.0 Å². The summed E-state index contributed by atoms with van der Waals surface area (Å²) < 4.78 is 4.41. The minimum atomic E-state index is 0. The molecule has 2 aromatic rings. The van der Waals surface area contributed by atoms with Crippen molar-refractivity contribution in [3.05, 3.63) is 29.7 Å². The predicted octanol–water partition coefficient (Wildman–Crippen LogP) is 3.25. The molecule has 0 unspecified atom stereocenters. The second-order valence-corrected chi connectivity index (χ2v) is 9.15. The van der Waals surface area contributed by atoms with Gasteiger partial charge in [-0.2, -0.15) is 4.37 Å². The van der Waals surface area contributed by atoms with E-state index in [9.17, 15) is 0 Å². The molecule has 0 bridgehead atoms. The number of piperazine rings is 1. The number of rotatable bonds is 5. The highest BCUT2D eigenvalue weighted by atomic mass is 127. The number of anilines is 2. The van der Waals surface area contributed by atoms with Crippen molar-refractivity contribution in [1.82, 2.24) is 24.6 Å². The van der Waals surface area contributed by atoms with Crippen LogP contribution in [0, 0.1) is 5.92 Å². The average Bonchev–Trinajstić information content (AvgIpc) is 3.30. The van der Waals surface area contributed by atoms with Crippen LogP contribution in [0.1, 0.15) is 38.1 Å². The summed E-state index contributed by atoms with van der Waals surface area (Å²) in [5, 5.41) is 4.54. The fourth-order valence-corrected chi connectivity index (χ4v) is 4.89. The standard InChI is InChI=1S/C22H34N8S.HI/c1-4-19-26-22(31-27-19)30-13-11-29(12-14-30)21(23-3)25-16-18-5-6-20(24-15-18)28-9-7-17(2)8-10-28;/h5-6,15,17H,4,7-14,16H2,1-3H3,(H,23,25);1H. The molecule has 2 fully saturated rings. The molecule has 8 nitrogen and oxygen atoms in total. The van der Waals surface area contributed by atoms with Gasteiger partial charge >= 0.3 is 0 Å². The van der Waals surface area contributed by atoms with Crippen LogP contribution in [0.5, 0.6) is 0 Å². The van der Waals surface area contributed by atoms with Crippen LogP contribution in [-0.4, -0.2) is 71.5 Å². The molecule has 1 N–H and O–H groups in total. The molecule has 2 aromatic heterocycles. The third-order valence-electron chi connectivity index (χ3n) is 6.20. The molecule has 4 rings (SSSR count). The monoisotopic (exact) mass is 570 g/mol. The Balaban J connectivity index is 0.00000289. The minimum absolute atomic E-state index is 0. The smallest absolute Gasteiger partial charge is 0.205 e. The Morgan fingerprint density at radius 1 is 1.12 bits per heavy atom. The Hall–Kier alpha value is -1.69. The number of nitrogens with one attached hydrogen (secondary N) is 1. The molecule has 0 saturated carbocycles. The van der Waals surface area contributed by atoms with Gasteiger partial charge in [0.15, 0.2) is 5.96 Å². The number of hydrogen-bond acceptors (Lipinski definition) is 7. The van der Waals surface area contributed by atoms with Gasteiger partial charge in [-0.1, -0.05) is 19.9 Å². The summed E-state index contributed by atoms with van der Waals surface area (Å²) in [5.41, 5.74) is 1.18. The SMILES string of the molecule is CCc1nsc(N2CCN(C(=NC)NCc3ccc(N4CCC(C)CC4)nc3)CC2)n1.I. The van der Waals surface area contributed by atoms with Crippen LogP contribution in [0.3, 0.4) is 0 Å². The second kappa shape index (κ2) is 12.0. The molecule has 0 amide bonds. The number of hydrogen-bond donors (Lipinski definition) is 1. The maximum Gasteiger partial charge on any atom is 0.205 e. The number of aryl methyl sites for hydroxylation is 1. The van der Waals surface area contributed by atoms with E-state index in [1.165, 1.54) is 29.9 Å². The van der Waals surface area contributed by atoms with Gasteiger partial charge in [-0.15, -0.1) is 24.0 Å². The Labute approximate surface area is 212 Å². The second-order valence-electron chi connectivity index (χ2n) is 8.42. The molecule has 2 aliphatic rings. The molecule has 0 aromatic carbocycles. The maximum atomic E-state index is 4.71. The van der Waals surface area contributed by atoms with Crippen LogP contribution in [0.15, 0.2) is 23.3 Å². The van der Waals surface area contributed by atoms with E-state index in [4.69, 9.17) is 4.98 Å². The van der Waals surface area contributed by atoms with E-state index >= 15 is 0 Å². The van der Waals surface area contributed by atoms with Crippen LogP contribution >= 0.6 is 35.5 Å². The number of halogens is 1. The molecule has 0 spiro atoms. The van der Waals surface area contributed by atoms with E-state index in [1.54, 1.807) is 0 Å². The van der Waals surface area contributed by atoms with Gasteiger partial charge in [-0.05, 0) is 30.4 Å². The van der Waals surface area contributed by atoms with Gasteiger partial charge in [0.25, 0.3) is 0 Å². The quantitative estimate of drug-likeness (QED) is 0.336. The molecule has 0 atom stereocenters. The van der Waals surface area contributed by atoms with Crippen LogP contribution in [0.4, 0.5) is 10.9 Å². The molecule has 176 valence electrons. The fourth-order valence-electron chi connectivity index (χ4n) is 4.09. The van der Waals surface area contributed by atoms with E-state index < -0.39 is 0 Å². The normalized spacial score (nSPS) is 18.0. The molecule has 32 heavy (non-hydrogen) atoms. The van der Waals surface area contributed by atoms with Crippen molar-refractivity contribution >= 4 is 52.4 Å². The van der Waals surface area contributed by atoms with E-state index in [1.807, 2.05) is 13.2 Å². The zero-order valence-corrected chi connectivity index (χ0v) is 22.5. The molecule has 10 heteroatoms. The first-order valence-electron chi connectivity index (χ1n) is 11.4. The Kier molecular flexibility index (Phi) is 9.33. The van der Waals surface area contributed by atoms with Gasteiger partial charge in [0.2, 0.25) is 5.13 Å². The van der Waals surface area contributed by atoms with Crippen molar-refractivity contribution in [3.63, 3.8) is 0 Å². The van der Waals surface area contributed by atoms with E-state index in [0.29, 0.717) is 0 Å². The number of aromatic nitrogens is 3. The highest BCUT2D eigenvalue weighted by Gasteiger charge is 2.22. The van der Waals surface area contributed by atoms with Gasteiger partial charge in [-0.3, -0.25) is 4.99 Å². The summed E-state index contributed by atoms with van der Waals surface area (Å²) in [6, 6.07) is 4.33. The first kappa shape index (κ1) is 24.9. The topological polar surface area (TPSA) is 72.8 Å². The lowest BCUT2D eigenvalue weighted by Gasteiger charge is -2.36. The van der Waals surface area contributed by atoms with Crippen LogP contribution in [0.25, 0.3) is 0 Å². The van der Waals surface area contributed by atoms with Crippen LogP contribution < -0.4 is 15.1 Å². The Morgan fingerprint density at radius 3 is 2.47 bits per heavy atom.